The number of carbonyl (C=O) groups is 3. The summed E-state index contributed by atoms with van der Waals surface area (Å²) in [5, 5.41) is 8.24. The molecule has 56 heavy (non-hydrogen) atoms. The highest BCUT2D eigenvalue weighted by atomic mass is 19.4. The molecule has 15 heteroatoms. The van der Waals surface area contributed by atoms with Crippen molar-refractivity contribution in [2.24, 2.45) is 0 Å². The van der Waals surface area contributed by atoms with E-state index in [1.807, 2.05) is 36.6 Å². The predicted octanol–water partition coefficient (Wildman–Crippen LogP) is 7.27. The van der Waals surface area contributed by atoms with Crippen LogP contribution in [0.3, 0.4) is 0 Å². The lowest BCUT2D eigenvalue weighted by molar-refractivity contribution is -0.141. The molecule has 1 aromatic carbocycles. The maximum atomic E-state index is 13.0. The van der Waals surface area contributed by atoms with Gasteiger partial charge in [0.1, 0.15) is 34.5 Å². The number of piperidine rings is 2. The number of alkyl halides is 3. The Balaban J connectivity index is 0.000000198. The normalized spacial score (nSPS) is 18.4. The highest BCUT2D eigenvalue weighted by molar-refractivity contribution is 6.04. The Kier molecular flexibility index (Phi) is 12.8. The molecule has 12 nitrogen and oxygen atoms in total. The molecule has 0 bridgehead atoms. The van der Waals surface area contributed by atoms with E-state index in [-0.39, 0.29) is 29.7 Å². The highest BCUT2D eigenvalue weighted by Crippen LogP contribution is 2.34. The monoisotopic (exact) mass is 776 g/mol. The van der Waals surface area contributed by atoms with Crippen LogP contribution in [0.5, 0.6) is 5.75 Å². The number of nitrogens with zero attached hydrogens (tertiary/aromatic N) is 5. The van der Waals surface area contributed by atoms with E-state index in [9.17, 15) is 27.6 Å². The number of nitrogens with one attached hydrogen (secondary N) is 3. The molecule has 2 aliphatic heterocycles. The summed E-state index contributed by atoms with van der Waals surface area (Å²) in [6, 6.07) is 13.5. The number of halogens is 3. The van der Waals surface area contributed by atoms with Crippen molar-refractivity contribution in [3.63, 3.8) is 0 Å². The van der Waals surface area contributed by atoms with E-state index in [4.69, 9.17) is 9.72 Å². The van der Waals surface area contributed by atoms with Gasteiger partial charge in [0.05, 0.1) is 11.8 Å². The fraction of sp³-hybridized carbons (Fsp3) is 0.488. The summed E-state index contributed by atoms with van der Waals surface area (Å²) in [6.45, 7) is 5.85. The van der Waals surface area contributed by atoms with Crippen molar-refractivity contribution in [1.82, 2.24) is 24.6 Å². The Morgan fingerprint density at radius 1 is 0.946 bits per heavy atom. The minimum Gasteiger partial charge on any atom is -0.489 e. The SMILES string of the molecule is CC(C)Oc1cc2nc(C3CCCCC3)cn2cc1NC(=O)c1cccc(C(F)(F)F)n1.CN(C)C1CCN(c2ccc(NC3CCC(=O)NC3=O)cc2)CC1. The lowest BCUT2D eigenvalue weighted by Gasteiger charge is -2.36. The predicted molar refractivity (Wildman–Crippen MR) is 209 cm³/mol. The first-order valence-electron chi connectivity index (χ1n) is 19.4. The van der Waals surface area contributed by atoms with Crippen LogP contribution >= 0.6 is 0 Å². The van der Waals surface area contributed by atoms with Gasteiger partial charge < -0.3 is 29.6 Å². The number of pyridine rings is 2. The molecule has 5 heterocycles. The summed E-state index contributed by atoms with van der Waals surface area (Å²) < 4.78 is 46.6. The molecule has 0 radical (unpaired) electrons. The molecule has 3 N–H and O–H groups in total. The average Bonchev–Trinajstić information content (AvgIpc) is 3.59. The standard InChI is InChI=1S/C23H25F3N4O2.C18H26N4O2/c1-14(2)32-19-11-21-28-17(15-7-4-3-5-8-15)12-30(21)13-18(19)29-22(31)16-9-6-10-20(27-16)23(24,25)26;1-21(2)14-9-11-22(12-10-14)15-5-3-13(4-6-15)19-16-7-8-17(23)20-18(16)24/h6,9-15H,3-5,7-8H2,1-2H3,(H,29,31);3-6,14,16,19H,7-12H2,1-2H3,(H,20,23,24). The van der Waals surface area contributed by atoms with E-state index >= 15 is 0 Å². The fourth-order valence-electron chi connectivity index (χ4n) is 7.42. The Morgan fingerprint density at radius 3 is 2.30 bits per heavy atom. The molecular weight excluding hydrogens is 725 g/mol. The van der Waals surface area contributed by atoms with Crippen LogP contribution in [-0.4, -0.2) is 82.4 Å². The Labute approximate surface area is 325 Å². The van der Waals surface area contributed by atoms with Crippen LogP contribution in [0.15, 0.2) is 60.9 Å². The van der Waals surface area contributed by atoms with E-state index in [2.05, 4.69) is 57.0 Å². The largest absolute Gasteiger partial charge is 0.489 e. The molecule has 1 unspecified atom stereocenters. The Hall–Kier alpha value is -5.18. The molecule has 4 aromatic rings. The highest BCUT2D eigenvalue weighted by Gasteiger charge is 2.33. The first-order chi connectivity index (χ1) is 26.7. The molecule has 300 valence electrons. The number of hydrogen-bond acceptors (Lipinski definition) is 9. The van der Waals surface area contributed by atoms with Crippen molar-refractivity contribution in [1.29, 1.82) is 0 Å². The van der Waals surface area contributed by atoms with Gasteiger partial charge in [0, 0.05) is 61.3 Å². The summed E-state index contributed by atoms with van der Waals surface area (Å²) in [5.74, 6) is -0.369. The van der Waals surface area contributed by atoms with Crippen molar-refractivity contribution < 1.29 is 32.3 Å². The van der Waals surface area contributed by atoms with Gasteiger partial charge >= 0.3 is 6.18 Å². The Bertz CT molecular complexity index is 1980. The van der Waals surface area contributed by atoms with E-state index in [1.165, 1.54) is 43.9 Å². The molecule has 3 fully saturated rings. The molecular formula is C41H51F3N8O4. The number of ether oxygens (including phenoxy) is 1. The van der Waals surface area contributed by atoms with Gasteiger partial charge in [0.25, 0.3) is 5.91 Å². The Morgan fingerprint density at radius 2 is 1.66 bits per heavy atom. The zero-order valence-corrected chi connectivity index (χ0v) is 32.4. The van der Waals surface area contributed by atoms with Crippen molar-refractivity contribution in [3.8, 4) is 5.75 Å². The molecule has 0 spiro atoms. The van der Waals surface area contributed by atoms with Gasteiger partial charge in [-0.25, -0.2) is 9.97 Å². The molecule has 7 rings (SSSR count). The van der Waals surface area contributed by atoms with Crippen LogP contribution in [0.25, 0.3) is 5.65 Å². The number of amides is 3. The summed E-state index contributed by atoms with van der Waals surface area (Å²) in [5.41, 5.74) is 2.72. The van der Waals surface area contributed by atoms with Gasteiger partial charge in [-0.3, -0.25) is 19.7 Å². The van der Waals surface area contributed by atoms with Gasteiger partial charge in [-0.05, 0) is 96.4 Å². The lowest BCUT2D eigenvalue weighted by atomic mass is 9.87. The van der Waals surface area contributed by atoms with Crippen LogP contribution in [-0.2, 0) is 15.8 Å². The number of benzene rings is 1. The summed E-state index contributed by atoms with van der Waals surface area (Å²) >= 11 is 0. The molecule has 1 atom stereocenters. The van der Waals surface area contributed by atoms with Crippen LogP contribution in [0.1, 0.15) is 99.4 Å². The zero-order chi connectivity index (χ0) is 40.0. The topological polar surface area (TPSA) is 133 Å². The number of fused-ring (bicyclic) bond motifs is 1. The quantitative estimate of drug-likeness (QED) is 0.150. The summed E-state index contributed by atoms with van der Waals surface area (Å²) in [6.07, 6.45) is 7.95. The van der Waals surface area contributed by atoms with Crippen molar-refractivity contribution in [2.75, 3.05) is 42.7 Å². The lowest BCUT2D eigenvalue weighted by Crippen LogP contribution is -2.47. The first kappa shape index (κ1) is 40.5. The third kappa shape index (κ3) is 10.4. The second-order valence-electron chi connectivity index (χ2n) is 15.2. The number of rotatable bonds is 9. The number of imide groups is 1. The van der Waals surface area contributed by atoms with Crippen LogP contribution in [0, 0.1) is 0 Å². The van der Waals surface area contributed by atoms with Crippen molar-refractivity contribution in [3.05, 3.63) is 78.0 Å². The maximum Gasteiger partial charge on any atom is 0.433 e. The average molecular weight is 777 g/mol. The van der Waals surface area contributed by atoms with Gasteiger partial charge in [0.2, 0.25) is 11.8 Å². The number of hydrogen-bond donors (Lipinski definition) is 3. The van der Waals surface area contributed by atoms with Crippen molar-refractivity contribution in [2.45, 2.75) is 102 Å². The van der Waals surface area contributed by atoms with E-state index in [0.717, 1.165) is 49.4 Å². The fourth-order valence-corrected chi connectivity index (χ4v) is 7.42. The van der Waals surface area contributed by atoms with Crippen molar-refractivity contribution >= 4 is 40.4 Å². The third-order valence-corrected chi connectivity index (χ3v) is 10.5. The third-order valence-electron chi connectivity index (χ3n) is 10.5. The van der Waals surface area contributed by atoms with Gasteiger partial charge in [-0.2, -0.15) is 13.2 Å². The van der Waals surface area contributed by atoms with Crippen LogP contribution in [0.4, 0.5) is 30.2 Å². The second kappa shape index (κ2) is 17.7. The van der Waals surface area contributed by atoms with Gasteiger partial charge in [-0.15, -0.1) is 0 Å². The molecule has 3 amide bonds. The molecule has 3 aliphatic rings. The second-order valence-corrected chi connectivity index (χ2v) is 15.2. The molecule has 1 saturated carbocycles. The van der Waals surface area contributed by atoms with Crippen LogP contribution < -0.4 is 25.6 Å². The number of imidazole rings is 1. The minimum absolute atomic E-state index is 0.174. The van der Waals surface area contributed by atoms with Gasteiger partial charge in [0.15, 0.2) is 0 Å². The number of carbonyl (C=O) groups excluding carboxylic acids is 3. The smallest absolute Gasteiger partial charge is 0.433 e. The summed E-state index contributed by atoms with van der Waals surface area (Å²) in [4.78, 5) is 48.6. The minimum atomic E-state index is -4.63. The molecule has 2 saturated heterocycles. The maximum absolute atomic E-state index is 13.0. The molecule has 1 aliphatic carbocycles. The van der Waals surface area contributed by atoms with Crippen LogP contribution in [0.2, 0.25) is 0 Å². The number of aromatic nitrogens is 3. The van der Waals surface area contributed by atoms with E-state index < -0.39 is 17.8 Å². The van der Waals surface area contributed by atoms with Gasteiger partial charge in [-0.1, -0.05) is 25.3 Å². The summed E-state index contributed by atoms with van der Waals surface area (Å²) in [7, 11) is 4.30. The first-order valence-corrected chi connectivity index (χ1v) is 19.4. The zero-order valence-electron chi connectivity index (χ0n) is 32.4. The number of anilines is 3. The molecule has 3 aromatic heterocycles. The van der Waals surface area contributed by atoms with E-state index in [0.29, 0.717) is 41.9 Å². The van der Waals surface area contributed by atoms with E-state index in [1.54, 1.807) is 12.3 Å².